The molecule has 7 heavy (non-hydrogen) atoms. The van der Waals surface area contributed by atoms with E-state index in [1.165, 1.54) is 6.08 Å². The topological polar surface area (TPSA) is 37.3 Å². The summed E-state index contributed by atoms with van der Waals surface area (Å²) in [5, 5.41) is 7.83. The fourth-order valence-electron chi connectivity index (χ4n) is 0.143. The van der Waals surface area contributed by atoms with Crippen LogP contribution in [0.5, 0.6) is 0 Å². The first-order chi connectivity index (χ1) is 2.77. The van der Waals surface area contributed by atoms with Crippen molar-refractivity contribution >= 4 is 5.97 Å². The van der Waals surface area contributed by atoms with Gasteiger partial charge in [-0.2, -0.15) is 0 Å². The van der Waals surface area contributed by atoms with Crippen molar-refractivity contribution in [3.05, 3.63) is 12.2 Å². The smallest absolute Gasteiger partial charge is 1.00 e. The minimum atomic E-state index is -0.891. The largest absolute Gasteiger partial charge is 1.00 e. The molecule has 0 fully saturated rings. The van der Waals surface area contributed by atoms with Crippen molar-refractivity contribution < 1.29 is 69.5 Å². The second kappa shape index (κ2) is 7.02. The standard InChI is InChI=1S/C4H6O2.Rb.H/c1-2-3-4(5)6;;/h2-3H,1H3,(H,5,6);;/q;+1;-1/b3-2+;;. The van der Waals surface area contributed by atoms with Crippen molar-refractivity contribution in [2.75, 3.05) is 0 Å². The van der Waals surface area contributed by atoms with Gasteiger partial charge in [0.2, 0.25) is 0 Å². The summed E-state index contributed by atoms with van der Waals surface area (Å²) >= 11 is 0. The van der Waals surface area contributed by atoms with Crippen LogP contribution in [0, 0.1) is 0 Å². The van der Waals surface area contributed by atoms with Gasteiger partial charge in [0, 0.05) is 6.08 Å². The van der Waals surface area contributed by atoms with Gasteiger partial charge >= 0.3 is 64.2 Å². The molecule has 0 aromatic carbocycles. The minimum Gasteiger partial charge on any atom is -1.00 e. The monoisotopic (exact) mass is 172 g/mol. The molecule has 0 radical (unpaired) electrons. The van der Waals surface area contributed by atoms with Crippen molar-refractivity contribution in [3.8, 4) is 0 Å². The number of hydrogen-bond donors (Lipinski definition) is 1. The van der Waals surface area contributed by atoms with Crippen LogP contribution in [0.4, 0.5) is 0 Å². The van der Waals surface area contributed by atoms with Crippen molar-refractivity contribution in [3.63, 3.8) is 0 Å². The summed E-state index contributed by atoms with van der Waals surface area (Å²) in [5.41, 5.74) is 0. The van der Waals surface area contributed by atoms with Gasteiger partial charge in [-0.1, -0.05) is 6.08 Å². The summed E-state index contributed by atoms with van der Waals surface area (Å²) in [7, 11) is 0. The van der Waals surface area contributed by atoms with Gasteiger partial charge in [-0.3, -0.25) is 0 Å². The third-order valence-corrected chi connectivity index (χ3v) is 0.309. The molecule has 3 heteroatoms. The van der Waals surface area contributed by atoms with Gasteiger partial charge in [-0.05, 0) is 6.92 Å². The molecule has 0 aliphatic carbocycles. The predicted octanol–water partition coefficient (Wildman–Crippen LogP) is -2.24. The molecule has 0 aromatic heterocycles. The molecule has 2 nitrogen and oxygen atoms in total. The SMILES string of the molecule is C/C=C/C(=O)O.[H-].[Rb+]. The molecule has 0 atom stereocenters. The Hall–Kier alpha value is 1.02. The number of carbonyl (C=O) groups is 1. The van der Waals surface area contributed by atoms with E-state index >= 15 is 0 Å². The zero-order valence-corrected chi connectivity index (χ0v) is 9.43. The van der Waals surface area contributed by atoms with Crippen LogP contribution in [0.1, 0.15) is 8.35 Å². The van der Waals surface area contributed by atoms with E-state index in [4.69, 9.17) is 5.11 Å². The number of allylic oxidation sites excluding steroid dienone is 1. The van der Waals surface area contributed by atoms with Crippen LogP contribution in [0.3, 0.4) is 0 Å². The summed E-state index contributed by atoms with van der Waals surface area (Å²) < 4.78 is 0. The van der Waals surface area contributed by atoms with Crippen molar-refractivity contribution in [2.24, 2.45) is 0 Å². The second-order valence-electron chi connectivity index (χ2n) is 0.838. The predicted molar refractivity (Wildman–Crippen MR) is 23.6 cm³/mol. The Morgan fingerprint density at radius 2 is 2.29 bits per heavy atom. The molecule has 0 heterocycles. The molecule has 0 amide bonds. The number of carboxylic acid groups (broad SMARTS) is 1. The van der Waals surface area contributed by atoms with Crippen molar-refractivity contribution in [2.45, 2.75) is 6.92 Å². The van der Waals surface area contributed by atoms with E-state index in [2.05, 4.69) is 0 Å². The zero-order chi connectivity index (χ0) is 4.99. The average molecular weight is 173 g/mol. The molecular weight excluding hydrogens is 166 g/mol. The van der Waals surface area contributed by atoms with Crippen molar-refractivity contribution in [1.82, 2.24) is 0 Å². The Balaban J connectivity index is -0.000000125. The van der Waals surface area contributed by atoms with Gasteiger partial charge in [0.25, 0.3) is 0 Å². The number of hydrogen-bond acceptors (Lipinski definition) is 1. The Labute approximate surface area is 92.9 Å². The van der Waals surface area contributed by atoms with Crippen LogP contribution in [0.25, 0.3) is 0 Å². The third kappa shape index (κ3) is 10.9. The maximum absolute atomic E-state index is 9.51. The van der Waals surface area contributed by atoms with E-state index in [-0.39, 0.29) is 59.6 Å². The fraction of sp³-hybridized carbons (Fsp3) is 0.250. The van der Waals surface area contributed by atoms with Gasteiger partial charge in [-0.15, -0.1) is 0 Å². The van der Waals surface area contributed by atoms with Crippen molar-refractivity contribution in [1.29, 1.82) is 0 Å². The van der Waals surface area contributed by atoms with Gasteiger partial charge < -0.3 is 6.53 Å². The molecule has 0 aliphatic heterocycles. The van der Waals surface area contributed by atoms with E-state index in [1.54, 1.807) is 6.92 Å². The first kappa shape index (κ1) is 10.9. The molecule has 0 aromatic rings. The van der Waals surface area contributed by atoms with Gasteiger partial charge in [0.05, 0.1) is 0 Å². The number of rotatable bonds is 1. The molecule has 0 saturated heterocycles. The Bertz CT molecular complexity index is 82.1. The Kier molecular flexibility index (Phi) is 10.9. The Morgan fingerprint density at radius 1 is 1.86 bits per heavy atom. The first-order valence-electron chi connectivity index (χ1n) is 1.63. The Morgan fingerprint density at radius 3 is 2.29 bits per heavy atom. The van der Waals surface area contributed by atoms with Gasteiger partial charge in [0.15, 0.2) is 0 Å². The molecule has 0 aliphatic rings. The van der Waals surface area contributed by atoms with E-state index in [9.17, 15) is 4.79 Å². The second-order valence-corrected chi connectivity index (χ2v) is 0.838. The molecule has 0 bridgehead atoms. The van der Waals surface area contributed by atoms with Gasteiger partial charge in [0.1, 0.15) is 0 Å². The molecule has 0 spiro atoms. The summed E-state index contributed by atoms with van der Waals surface area (Å²) in [6.07, 6.45) is 2.56. The van der Waals surface area contributed by atoms with E-state index < -0.39 is 5.97 Å². The molecule has 0 saturated carbocycles. The zero-order valence-electron chi connectivity index (χ0n) is 5.51. The number of aliphatic carboxylic acids is 1. The molecule has 1 N–H and O–H groups in total. The van der Waals surface area contributed by atoms with E-state index in [1.807, 2.05) is 0 Å². The summed E-state index contributed by atoms with van der Waals surface area (Å²) in [6.45, 7) is 1.66. The van der Waals surface area contributed by atoms with Crippen LogP contribution < -0.4 is 58.2 Å². The van der Waals surface area contributed by atoms with Crippen LogP contribution in [0.15, 0.2) is 12.2 Å². The maximum atomic E-state index is 9.51. The summed E-state index contributed by atoms with van der Waals surface area (Å²) in [4.78, 5) is 9.51. The molecule has 0 unspecified atom stereocenters. The normalized spacial score (nSPS) is 8.14. The third-order valence-electron chi connectivity index (χ3n) is 0.309. The fourth-order valence-corrected chi connectivity index (χ4v) is 0.143. The molecule has 36 valence electrons. The van der Waals surface area contributed by atoms with E-state index in [0.717, 1.165) is 6.08 Å². The van der Waals surface area contributed by atoms with Crippen LogP contribution in [0.2, 0.25) is 0 Å². The van der Waals surface area contributed by atoms with E-state index in [0.29, 0.717) is 0 Å². The molecular formula is C4H7O2Rb. The molecule has 0 rings (SSSR count). The van der Waals surface area contributed by atoms with Crippen LogP contribution >= 0.6 is 0 Å². The first-order valence-corrected chi connectivity index (χ1v) is 1.63. The summed E-state index contributed by atoms with van der Waals surface area (Å²) in [5.74, 6) is -0.891. The van der Waals surface area contributed by atoms with Crippen LogP contribution in [-0.2, 0) is 4.79 Å². The number of carboxylic acids is 1. The van der Waals surface area contributed by atoms with Crippen LogP contribution in [-0.4, -0.2) is 11.1 Å². The maximum Gasteiger partial charge on any atom is 1.00 e. The summed E-state index contributed by atoms with van der Waals surface area (Å²) in [6, 6.07) is 0. The quantitative estimate of drug-likeness (QED) is 0.455. The minimum absolute atomic E-state index is 0. The van der Waals surface area contributed by atoms with Gasteiger partial charge in [-0.25, -0.2) is 4.79 Å². The average Bonchev–Trinajstić information content (AvgIpc) is 1.35.